The first-order chi connectivity index (χ1) is 14.4. The molecule has 0 saturated carbocycles. The monoisotopic (exact) mass is 438 g/mol. The van der Waals surface area contributed by atoms with Crippen molar-refractivity contribution in [2.75, 3.05) is 0 Å². The average molecular weight is 439 g/mol. The van der Waals surface area contributed by atoms with Crippen LogP contribution in [0.5, 0.6) is 0 Å². The maximum absolute atomic E-state index is 13.0. The van der Waals surface area contributed by atoms with Gasteiger partial charge in [0.2, 0.25) is 10.0 Å². The number of aromatic nitrogens is 2. The third kappa shape index (κ3) is 4.33. The summed E-state index contributed by atoms with van der Waals surface area (Å²) in [6.07, 6.45) is 0. The van der Waals surface area contributed by atoms with Crippen molar-refractivity contribution in [3.8, 4) is 16.9 Å². The Balaban J connectivity index is 1.62. The maximum Gasteiger partial charge on any atom is 0.270 e. The minimum atomic E-state index is -3.75. The molecule has 0 saturated heterocycles. The number of carbonyl (C=O) groups is 1. The highest BCUT2D eigenvalue weighted by Gasteiger charge is 2.18. The normalized spacial score (nSPS) is 11.4. The summed E-state index contributed by atoms with van der Waals surface area (Å²) < 4.78 is 24.5. The van der Waals surface area contributed by atoms with Gasteiger partial charge in [0.15, 0.2) is 0 Å². The van der Waals surface area contributed by atoms with E-state index in [4.69, 9.17) is 5.14 Å². The van der Waals surface area contributed by atoms with Gasteiger partial charge in [-0.15, -0.1) is 11.3 Å². The summed E-state index contributed by atoms with van der Waals surface area (Å²) in [7, 11) is -3.75. The molecule has 0 aliphatic carbocycles. The fourth-order valence-corrected chi connectivity index (χ4v) is 4.64. The lowest BCUT2D eigenvalue weighted by atomic mass is 10.1. The van der Waals surface area contributed by atoms with Gasteiger partial charge in [-0.1, -0.05) is 48.5 Å². The largest absolute Gasteiger partial charge is 0.346 e. The van der Waals surface area contributed by atoms with Crippen molar-refractivity contribution in [2.45, 2.75) is 10.8 Å². The van der Waals surface area contributed by atoms with Gasteiger partial charge in [0.25, 0.3) is 5.91 Å². The van der Waals surface area contributed by atoms with Gasteiger partial charge in [-0.2, -0.15) is 5.10 Å². The molecule has 9 heteroatoms. The molecular formula is C21H18N4O3S2. The van der Waals surface area contributed by atoms with E-state index in [0.29, 0.717) is 16.3 Å². The van der Waals surface area contributed by atoms with Crippen LogP contribution in [0.25, 0.3) is 16.9 Å². The number of nitrogens with two attached hydrogens (primary N) is 1. The molecule has 4 aromatic rings. The van der Waals surface area contributed by atoms with Gasteiger partial charge in [-0.05, 0) is 30.3 Å². The van der Waals surface area contributed by atoms with Crippen molar-refractivity contribution < 1.29 is 13.2 Å². The van der Waals surface area contributed by atoms with Crippen molar-refractivity contribution >= 4 is 27.3 Å². The van der Waals surface area contributed by atoms with E-state index in [1.54, 1.807) is 16.8 Å². The van der Waals surface area contributed by atoms with Crippen LogP contribution in [-0.2, 0) is 16.6 Å². The first-order valence-electron chi connectivity index (χ1n) is 9.02. The standard InChI is InChI=1S/C21H18N4O3S2/c22-30(27,28)20-12-11-17(29-20)14-23-21(26)19-13-18(15-7-3-1-4-8-15)24-25(19)16-9-5-2-6-10-16/h1-13H,14H2,(H,23,26)(H2,22,27,28). The van der Waals surface area contributed by atoms with Crippen LogP contribution in [0, 0.1) is 0 Å². The smallest absolute Gasteiger partial charge is 0.270 e. The summed E-state index contributed by atoms with van der Waals surface area (Å²) in [4.78, 5) is 13.6. The molecular weight excluding hydrogens is 420 g/mol. The lowest BCUT2D eigenvalue weighted by Gasteiger charge is -2.07. The molecule has 4 rings (SSSR count). The second kappa shape index (κ2) is 8.23. The Labute approximate surface area is 177 Å². The van der Waals surface area contributed by atoms with Gasteiger partial charge in [-0.3, -0.25) is 4.79 Å². The molecule has 2 heterocycles. The van der Waals surface area contributed by atoms with Gasteiger partial charge < -0.3 is 5.32 Å². The molecule has 0 fully saturated rings. The number of sulfonamides is 1. The third-order valence-corrected chi connectivity index (χ3v) is 6.88. The molecule has 30 heavy (non-hydrogen) atoms. The Hall–Kier alpha value is -3.27. The lowest BCUT2D eigenvalue weighted by molar-refractivity contribution is 0.0943. The van der Waals surface area contributed by atoms with E-state index in [1.165, 1.54) is 6.07 Å². The quantitative estimate of drug-likeness (QED) is 0.482. The summed E-state index contributed by atoms with van der Waals surface area (Å²) in [6, 6.07) is 23.8. The van der Waals surface area contributed by atoms with Crippen LogP contribution in [-0.4, -0.2) is 24.1 Å². The summed E-state index contributed by atoms with van der Waals surface area (Å²) >= 11 is 1.03. The number of benzene rings is 2. The summed E-state index contributed by atoms with van der Waals surface area (Å²) in [5.41, 5.74) is 2.72. The van der Waals surface area contributed by atoms with Gasteiger partial charge in [0.05, 0.1) is 17.9 Å². The van der Waals surface area contributed by atoms with Gasteiger partial charge in [-0.25, -0.2) is 18.2 Å². The van der Waals surface area contributed by atoms with Crippen molar-refractivity contribution in [3.05, 3.63) is 89.4 Å². The van der Waals surface area contributed by atoms with E-state index in [9.17, 15) is 13.2 Å². The molecule has 0 atom stereocenters. The van der Waals surface area contributed by atoms with Gasteiger partial charge in [0, 0.05) is 10.4 Å². The van der Waals surface area contributed by atoms with Crippen LogP contribution >= 0.6 is 11.3 Å². The molecule has 2 aromatic carbocycles. The summed E-state index contributed by atoms with van der Waals surface area (Å²) in [5.74, 6) is -0.320. The third-order valence-electron chi connectivity index (χ3n) is 4.35. The first-order valence-corrected chi connectivity index (χ1v) is 11.4. The molecule has 1 amide bonds. The van der Waals surface area contributed by atoms with E-state index in [0.717, 1.165) is 22.6 Å². The van der Waals surface area contributed by atoms with Crippen LogP contribution in [0.3, 0.4) is 0 Å². The Morgan fingerprint density at radius 2 is 1.67 bits per heavy atom. The fraction of sp³-hybridized carbons (Fsp3) is 0.0476. The Bertz CT molecular complexity index is 1280. The molecule has 0 radical (unpaired) electrons. The van der Waals surface area contributed by atoms with E-state index >= 15 is 0 Å². The Kier molecular flexibility index (Phi) is 5.49. The maximum atomic E-state index is 13.0. The zero-order valence-corrected chi connectivity index (χ0v) is 17.4. The molecule has 2 aromatic heterocycles. The second-order valence-electron chi connectivity index (χ2n) is 6.48. The van der Waals surface area contributed by atoms with Crippen LogP contribution in [0.4, 0.5) is 0 Å². The Morgan fingerprint density at radius 3 is 2.30 bits per heavy atom. The number of amides is 1. The number of para-hydroxylation sites is 1. The number of nitrogens with one attached hydrogen (secondary N) is 1. The SMILES string of the molecule is NS(=O)(=O)c1ccc(CNC(=O)c2cc(-c3ccccc3)nn2-c2ccccc2)s1. The molecule has 3 N–H and O–H groups in total. The topological polar surface area (TPSA) is 107 Å². The zero-order valence-electron chi connectivity index (χ0n) is 15.7. The van der Waals surface area contributed by atoms with E-state index < -0.39 is 10.0 Å². The second-order valence-corrected chi connectivity index (χ2v) is 9.43. The highest BCUT2D eigenvalue weighted by molar-refractivity contribution is 7.91. The Morgan fingerprint density at radius 1 is 1.00 bits per heavy atom. The number of nitrogens with zero attached hydrogens (tertiary/aromatic N) is 2. The van der Waals surface area contributed by atoms with Crippen molar-refractivity contribution in [3.63, 3.8) is 0 Å². The number of thiophene rings is 1. The summed E-state index contributed by atoms with van der Waals surface area (Å²) in [6.45, 7) is 0.180. The highest BCUT2D eigenvalue weighted by Crippen LogP contribution is 2.23. The van der Waals surface area contributed by atoms with Crippen LogP contribution in [0.1, 0.15) is 15.4 Å². The first kappa shape index (κ1) is 20.0. The molecule has 0 bridgehead atoms. The fourth-order valence-electron chi connectivity index (χ4n) is 2.92. The average Bonchev–Trinajstić information content (AvgIpc) is 3.41. The number of rotatable bonds is 6. The van der Waals surface area contributed by atoms with Crippen molar-refractivity contribution in [1.29, 1.82) is 0 Å². The molecule has 152 valence electrons. The highest BCUT2D eigenvalue weighted by atomic mass is 32.2. The van der Waals surface area contributed by atoms with E-state index in [1.807, 2.05) is 60.7 Å². The minimum Gasteiger partial charge on any atom is -0.346 e. The molecule has 0 aliphatic heterocycles. The molecule has 0 aliphatic rings. The number of carbonyl (C=O) groups excluding carboxylic acids is 1. The van der Waals surface area contributed by atoms with Crippen LogP contribution < -0.4 is 10.5 Å². The number of primary sulfonamides is 1. The van der Waals surface area contributed by atoms with Crippen LogP contribution in [0.2, 0.25) is 0 Å². The number of hydrogen-bond acceptors (Lipinski definition) is 5. The van der Waals surface area contributed by atoms with Crippen LogP contribution in [0.15, 0.2) is 83.1 Å². The van der Waals surface area contributed by atoms with Crippen molar-refractivity contribution in [2.24, 2.45) is 5.14 Å². The minimum absolute atomic E-state index is 0.0624. The van der Waals surface area contributed by atoms with Gasteiger partial charge >= 0.3 is 0 Å². The van der Waals surface area contributed by atoms with Crippen molar-refractivity contribution in [1.82, 2.24) is 15.1 Å². The van der Waals surface area contributed by atoms with E-state index in [2.05, 4.69) is 10.4 Å². The molecule has 7 nitrogen and oxygen atoms in total. The predicted molar refractivity (Wildman–Crippen MR) is 116 cm³/mol. The molecule has 0 spiro atoms. The lowest BCUT2D eigenvalue weighted by Crippen LogP contribution is -2.25. The molecule has 0 unspecified atom stereocenters. The van der Waals surface area contributed by atoms with Gasteiger partial charge in [0.1, 0.15) is 9.90 Å². The summed E-state index contributed by atoms with van der Waals surface area (Å²) in [5, 5.41) is 12.6. The predicted octanol–water partition coefficient (Wildman–Crippen LogP) is 3.18. The van der Waals surface area contributed by atoms with E-state index in [-0.39, 0.29) is 16.7 Å². The zero-order chi connectivity index (χ0) is 21.1. The number of hydrogen-bond donors (Lipinski definition) is 2.